The zero-order chi connectivity index (χ0) is 53.9. The van der Waals surface area contributed by atoms with Gasteiger partial charge in [0, 0.05) is 40.8 Å². The highest BCUT2D eigenvalue weighted by Crippen LogP contribution is 2.30. The molecule has 75 heavy (non-hydrogen) atoms. The number of phenolic OH excluding ortho intramolecular Hbond substituents is 1. The minimum Gasteiger partial charge on any atom is -0.506 e. The van der Waals surface area contributed by atoms with Gasteiger partial charge in [0.05, 0.1) is 39.7 Å². The Morgan fingerprint density at radius 1 is 0.520 bits per heavy atom. The number of carboxylic acid groups (broad SMARTS) is 1. The standard InChI is InChI=1S/C21H17N3O4.C12H9N3O.C10H12O3.C6H6N2O2.C6H7NO/c1-26-17-8-7-13(11-18(17)27-2)20(25)24-19-12-14(9-10-22-19)21-23-15-5-3-4-6-16(15)28-21;13-11-7-8(5-6-14-11)12-15-9-3-1-2-4-10(9)16-12;1-7(11)8-4-5-9(12-2)10(6-8)13-3;7-5-3-4(6(9)10)1-2-8-5;7-5-3-1-2-4-6(5)8/h3-12H,1-2H3,(H,22,24,25);1-7H,(H2,13,14);4-6H,1-3H3;1-3H,(H2,7,8)(H,9,10);1-4,8H,7H2. The SMILES string of the molecule is COc1ccc(C(=O)Nc2cc(-c3nc4ccccc4o3)ccn2)cc1OC.COc1ccc(C(C)=O)cc1OC.Nc1cc(-c2nc3ccccc3o2)ccn1.Nc1cc(C(=O)O)ccn1.Nc1ccccc1O. The first-order valence-electron chi connectivity index (χ1n) is 22.3. The number of aromatic nitrogens is 5. The second-order valence-electron chi connectivity index (χ2n) is 15.4. The number of para-hydroxylation sites is 6. The van der Waals surface area contributed by atoms with Crippen LogP contribution >= 0.6 is 0 Å². The Morgan fingerprint density at radius 2 is 1.00 bits per heavy atom. The topological polar surface area (TPSA) is 309 Å². The van der Waals surface area contributed by atoms with Crippen molar-refractivity contribution in [3.63, 3.8) is 0 Å². The molecule has 0 aliphatic carbocycles. The maximum absolute atomic E-state index is 12.6. The zero-order valence-corrected chi connectivity index (χ0v) is 41.1. The second-order valence-corrected chi connectivity index (χ2v) is 15.4. The number of Topliss-reactive ketones (excluding diaryl/α,β-unsaturated/α-hetero) is 1. The highest BCUT2D eigenvalue weighted by atomic mass is 16.5. The third-order valence-corrected chi connectivity index (χ3v) is 10.3. The van der Waals surface area contributed by atoms with Crippen molar-refractivity contribution in [1.82, 2.24) is 24.9 Å². The highest BCUT2D eigenvalue weighted by molar-refractivity contribution is 6.04. The first-order chi connectivity index (χ1) is 36.2. The van der Waals surface area contributed by atoms with Gasteiger partial charge in [0.25, 0.3) is 5.91 Å². The predicted molar refractivity (Wildman–Crippen MR) is 284 cm³/mol. The summed E-state index contributed by atoms with van der Waals surface area (Å²) >= 11 is 0. The van der Waals surface area contributed by atoms with Gasteiger partial charge in [-0.25, -0.2) is 29.7 Å². The molecule has 0 unspecified atom stereocenters. The lowest BCUT2D eigenvalue weighted by Crippen LogP contribution is -2.13. The molecule has 0 saturated heterocycles. The van der Waals surface area contributed by atoms with Crippen molar-refractivity contribution >= 4 is 63.0 Å². The summed E-state index contributed by atoms with van der Waals surface area (Å²) in [5.41, 5.74) is 22.4. The van der Waals surface area contributed by atoms with Gasteiger partial charge in [-0.15, -0.1) is 0 Å². The second kappa shape index (κ2) is 26.1. The molecule has 5 heterocycles. The number of phenols is 1. The lowest BCUT2D eigenvalue weighted by molar-refractivity contribution is 0.0696. The van der Waals surface area contributed by atoms with Crippen molar-refractivity contribution in [3.8, 4) is 51.7 Å². The summed E-state index contributed by atoms with van der Waals surface area (Å²) in [6.45, 7) is 1.52. The average Bonchev–Trinajstić information content (AvgIpc) is 4.08. The van der Waals surface area contributed by atoms with E-state index in [1.165, 1.54) is 32.4 Å². The number of anilines is 4. The van der Waals surface area contributed by atoms with Crippen LogP contribution in [0.3, 0.4) is 0 Å². The molecule has 0 spiro atoms. The van der Waals surface area contributed by atoms with E-state index >= 15 is 0 Å². The summed E-state index contributed by atoms with van der Waals surface area (Å²) in [6.07, 6.45) is 4.59. The first-order valence-corrected chi connectivity index (χ1v) is 22.3. The summed E-state index contributed by atoms with van der Waals surface area (Å²) in [5.74, 6) is 3.19. The van der Waals surface area contributed by atoms with Crippen LogP contribution in [-0.2, 0) is 0 Å². The zero-order valence-electron chi connectivity index (χ0n) is 41.1. The van der Waals surface area contributed by atoms with Gasteiger partial charge in [-0.2, -0.15) is 0 Å². The Bertz CT molecular complexity index is 3460. The molecule has 0 aliphatic rings. The van der Waals surface area contributed by atoms with E-state index in [4.69, 9.17) is 55.2 Å². The maximum Gasteiger partial charge on any atom is 0.335 e. The van der Waals surface area contributed by atoms with Gasteiger partial charge in [0.2, 0.25) is 11.8 Å². The number of carboxylic acids is 1. The average molecular weight is 1010 g/mol. The highest BCUT2D eigenvalue weighted by Gasteiger charge is 2.14. The van der Waals surface area contributed by atoms with Gasteiger partial charge < -0.3 is 60.5 Å². The third kappa shape index (κ3) is 15.0. The third-order valence-electron chi connectivity index (χ3n) is 10.3. The molecule has 9 N–H and O–H groups in total. The number of nitrogens with two attached hydrogens (primary N) is 3. The number of fused-ring (bicyclic) bond motifs is 2. The van der Waals surface area contributed by atoms with Crippen LogP contribution in [0.4, 0.5) is 23.1 Å². The Hall–Kier alpha value is -10.5. The van der Waals surface area contributed by atoms with Crippen LogP contribution in [-0.4, -0.2) is 81.2 Å². The van der Waals surface area contributed by atoms with Crippen molar-refractivity contribution in [3.05, 3.63) is 181 Å². The van der Waals surface area contributed by atoms with E-state index < -0.39 is 5.97 Å². The Morgan fingerprint density at radius 3 is 1.47 bits per heavy atom. The van der Waals surface area contributed by atoms with Crippen LogP contribution in [0.25, 0.3) is 45.1 Å². The summed E-state index contributed by atoms with van der Waals surface area (Å²) < 4.78 is 31.9. The normalized spacial score (nSPS) is 10.1. The predicted octanol–water partition coefficient (Wildman–Crippen LogP) is 9.87. The van der Waals surface area contributed by atoms with E-state index in [1.807, 2.05) is 54.6 Å². The van der Waals surface area contributed by atoms with E-state index in [0.717, 1.165) is 22.2 Å². The fourth-order valence-corrected chi connectivity index (χ4v) is 6.49. The lowest BCUT2D eigenvalue weighted by Gasteiger charge is -2.10. The number of rotatable bonds is 10. The number of benzene rings is 5. The van der Waals surface area contributed by atoms with Crippen molar-refractivity contribution in [2.75, 3.05) is 51.0 Å². The summed E-state index contributed by atoms with van der Waals surface area (Å²) in [7, 11) is 6.16. The minimum atomic E-state index is -0.992. The molecule has 0 aliphatic heterocycles. The van der Waals surface area contributed by atoms with Crippen LogP contribution in [0, 0.1) is 0 Å². The molecule has 0 bridgehead atoms. The molecule has 10 rings (SSSR count). The van der Waals surface area contributed by atoms with E-state index in [1.54, 1.807) is 113 Å². The van der Waals surface area contributed by atoms with Crippen LogP contribution in [0.5, 0.6) is 28.7 Å². The van der Waals surface area contributed by atoms with E-state index in [2.05, 4.69) is 30.2 Å². The molecule has 20 heteroatoms. The number of pyridine rings is 3. The monoisotopic (exact) mass is 1010 g/mol. The Kier molecular flexibility index (Phi) is 18.7. The van der Waals surface area contributed by atoms with Crippen molar-refractivity contribution in [2.24, 2.45) is 0 Å². The molecular formula is C55H51N9O11. The number of nitrogen functional groups attached to an aromatic ring is 3. The summed E-state index contributed by atoms with van der Waals surface area (Å²) in [4.78, 5) is 54.5. The molecule has 1 amide bonds. The number of aromatic hydroxyl groups is 1. The number of hydrogen-bond acceptors (Lipinski definition) is 18. The number of oxazole rings is 2. The fourth-order valence-electron chi connectivity index (χ4n) is 6.49. The lowest BCUT2D eigenvalue weighted by atomic mass is 10.1. The Balaban J connectivity index is 0.000000165. The van der Waals surface area contributed by atoms with Gasteiger partial charge in [-0.05, 0) is 116 Å². The number of carbonyl (C=O) groups excluding carboxylic acids is 2. The first kappa shape index (κ1) is 53.8. The van der Waals surface area contributed by atoms with Crippen molar-refractivity contribution < 1.29 is 52.4 Å². The van der Waals surface area contributed by atoms with Crippen LogP contribution in [0.15, 0.2) is 173 Å². The maximum atomic E-state index is 12.6. The minimum absolute atomic E-state index is 0.0148. The van der Waals surface area contributed by atoms with Gasteiger partial charge >= 0.3 is 5.97 Å². The molecular weight excluding hydrogens is 963 g/mol. The number of carbonyl (C=O) groups is 3. The van der Waals surface area contributed by atoms with Gasteiger partial charge in [-0.3, -0.25) is 9.59 Å². The van der Waals surface area contributed by atoms with E-state index in [-0.39, 0.29) is 28.8 Å². The molecule has 0 radical (unpaired) electrons. The van der Waals surface area contributed by atoms with Gasteiger partial charge in [0.1, 0.15) is 34.2 Å². The molecule has 5 aromatic heterocycles. The quantitative estimate of drug-likeness (QED) is 0.0421. The van der Waals surface area contributed by atoms with Gasteiger partial charge in [-0.1, -0.05) is 36.4 Å². The molecule has 10 aromatic rings. The number of ketones is 1. The van der Waals surface area contributed by atoms with Crippen LogP contribution in [0.1, 0.15) is 38.0 Å². The van der Waals surface area contributed by atoms with Crippen LogP contribution < -0.4 is 41.5 Å². The molecule has 0 fully saturated rings. The van der Waals surface area contributed by atoms with E-state index in [9.17, 15) is 14.4 Å². The molecule has 0 atom stereocenters. The molecule has 382 valence electrons. The number of nitrogens with one attached hydrogen (secondary N) is 1. The smallest absolute Gasteiger partial charge is 0.335 e. The molecule has 20 nitrogen and oxygen atoms in total. The van der Waals surface area contributed by atoms with Crippen molar-refractivity contribution in [2.45, 2.75) is 6.92 Å². The number of hydrogen-bond donors (Lipinski definition) is 6. The van der Waals surface area contributed by atoms with Gasteiger partial charge in [0.15, 0.2) is 39.9 Å². The number of methoxy groups -OCH3 is 4. The largest absolute Gasteiger partial charge is 0.506 e. The van der Waals surface area contributed by atoms with E-state index in [0.29, 0.717) is 74.4 Å². The van der Waals surface area contributed by atoms with Crippen LogP contribution in [0.2, 0.25) is 0 Å². The summed E-state index contributed by atoms with van der Waals surface area (Å²) in [5, 5.41) is 20.0. The summed E-state index contributed by atoms with van der Waals surface area (Å²) in [6, 6.07) is 41.6. The number of nitrogens with zero attached hydrogens (tertiary/aromatic N) is 5. The number of aromatic carboxylic acids is 1. The molecule has 5 aromatic carbocycles. The Labute approximate surface area is 429 Å². The molecule has 0 saturated carbocycles. The number of ether oxygens (including phenoxy) is 4. The number of amides is 1. The van der Waals surface area contributed by atoms with Crippen molar-refractivity contribution in [1.29, 1.82) is 0 Å². The fraction of sp³-hybridized carbons (Fsp3) is 0.0909.